The Bertz CT molecular complexity index is 846. The number of carbonyl (C=O) groups is 2. The molecule has 0 saturated carbocycles. The summed E-state index contributed by atoms with van der Waals surface area (Å²) in [7, 11) is -4.89. The van der Waals surface area contributed by atoms with Crippen LogP contribution in [0.2, 0.25) is 0 Å². The van der Waals surface area contributed by atoms with Gasteiger partial charge in [-0.15, -0.1) is 0 Å². The predicted octanol–water partition coefficient (Wildman–Crippen LogP) is -1.46. The average molecular weight is 428 g/mol. The summed E-state index contributed by atoms with van der Waals surface area (Å²) >= 11 is 0. The molecule has 0 radical (unpaired) electrons. The Morgan fingerprint density at radius 1 is 0.966 bits per heavy atom. The molecule has 1 atom stereocenters. The molecule has 9 heteroatoms. The summed E-state index contributed by atoms with van der Waals surface area (Å²) in [5.41, 5.74) is 2.18. The molecule has 2 aromatic carbocycles. The van der Waals surface area contributed by atoms with Gasteiger partial charge in [-0.25, -0.2) is 0 Å². The second kappa shape index (κ2) is 12.1. The minimum atomic E-state index is -4.89. The van der Waals surface area contributed by atoms with Gasteiger partial charge in [0.2, 0.25) is 0 Å². The maximum atomic E-state index is 11.9. The molecular weight excluding hydrogens is 407 g/mol. The molecule has 2 aromatic rings. The third kappa shape index (κ3) is 8.28. The van der Waals surface area contributed by atoms with Crippen LogP contribution in [-0.4, -0.2) is 36.8 Å². The number of hydrogen-bond donors (Lipinski definition) is 1. The number of carboxylic acid groups (broad SMARTS) is 1. The van der Waals surface area contributed by atoms with E-state index in [-0.39, 0.29) is 42.1 Å². The van der Waals surface area contributed by atoms with Crippen molar-refractivity contribution < 1.29 is 62.0 Å². The number of esters is 1. The van der Waals surface area contributed by atoms with Gasteiger partial charge in [-0.05, 0) is 24.0 Å². The van der Waals surface area contributed by atoms with Crippen LogP contribution in [0.15, 0.2) is 60.7 Å². The SMILES string of the molecule is O=C([O-])CC(C(=O)OCCCC(c1ccccc1)c1ccccc1)S(=O)(=O)O.[Na+]. The Hall–Kier alpha value is -1.71. The van der Waals surface area contributed by atoms with Gasteiger partial charge in [0.05, 0.1) is 6.61 Å². The van der Waals surface area contributed by atoms with Gasteiger partial charge in [-0.2, -0.15) is 8.42 Å². The first-order chi connectivity index (χ1) is 13.3. The van der Waals surface area contributed by atoms with Crippen LogP contribution in [0.25, 0.3) is 0 Å². The van der Waals surface area contributed by atoms with Crippen molar-refractivity contribution in [2.75, 3.05) is 6.61 Å². The number of carbonyl (C=O) groups excluding carboxylic acids is 2. The first kappa shape index (κ1) is 25.3. The number of aliphatic carboxylic acids is 1. The van der Waals surface area contributed by atoms with E-state index in [4.69, 9.17) is 9.29 Å². The smallest absolute Gasteiger partial charge is 0.550 e. The summed E-state index contributed by atoms with van der Waals surface area (Å²) in [6.45, 7) is -0.103. The van der Waals surface area contributed by atoms with Crippen LogP contribution in [0, 0.1) is 0 Å². The van der Waals surface area contributed by atoms with Crippen molar-refractivity contribution in [1.29, 1.82) is 0 Å². The zero-order valence-corrected chi connectivity index (χ0v) is 18.9. The molecule has 0 fully saturated rings. The van der Waals surface area contributed by atoms with Crippen LogP contribution in [0.5, 0.6) is 0 Å². The van der Waals surface area contributed by atoms with Gasteiger partial charge in [0.25, 0.3) is 10.1 Å². The summed E-state index contributed by atoms with van der Waals surface area (Å²) < 4.78 is 36.3. The first-order valence-corrected chi connectivity index (χ1v) is 10.2. The minimum absolute atomic E-state index is 0. The molecule has 29 heavy (non-hydrogen) atoms. The average Bonchev–Trinajstić information content (AvgIpc) is 2.66. The first-order valence-electron chi connectivity index (χ1n) is 8.71. The van der Waals surface area contributed by atoms with Crippen LogP contribution in [0.1, 0.15) is 36.3 Å². The Morgan fingerprint density at radius 2 is 1.45 bits per heavy atom. The topological polar surface area (TPSA) is 121 Å². The summed E-state index contributed by atoms with van der Waals surface area (Å²) in [6, 6.07) is 19.6. The van der Waals surface area contributed by atoms with Gasteiger partial charge in [0.15, 0.2) is 5.25 Å². The molecule has 7 nitrogen and oxygen atoms in total. The van der Waals surface area contributed by atoms with Gasteiger partial charge in [0.1, 0.15) is 0 Å². The minimum Gasteiger partial charge on any atom is -0.550 e. The van der Waals surface area contributed by atoms with E-state index in [1.807, 2.05) is 60.7 Å². The maximum Gasteiger partial charge on any atom is 1.00 e. The van der Waals surface area contributed by atoms with E-state index in [1.165, 1.54) is 0 Å². The fraction of sp³-hybridized carbons (Fsp3) is 0.300. The van der Waals surface area contributed by atoms with E-state index in [1.54, 1.807) is 0 Å². The molecule has 150 valence electrons. The third-order valence-electron chi connectivity index (χ3n) is 4.26. The number of rotatable bonds is 10. The molecule has 1 unspecified atom stereocenters. The Kier molecular flexibility index (Phi) is 10.6. The van der Waals surface area contributed by atoms with Crippen LogP contribution in [0.4, 0.5) is 0 Å². The molecule has 2 rings (SSSR count). The van der Waals surface area contributed by atoms with Crippen molar-refractivity contribution in [2.45, 2.75) is 30.4 Å². The molecule has 0 spiro atoms. The largest absolute Gasteiger partial charge is 1.00 e. The van der Waals surface area contributed by atoms with Crippen molar-refractivity contribution >= 4 is 22.1 Å². The quantitative estimate of drug-likeness (QED) is 0.213. The summed E-state index contributed by atoms with van der Waals surface area (Å²) in [4.78, 5) is 22.5. The summed E-state index contributed by atoms with van der Waals surface area (Å²) in [5.74, 6) is -3.02. The fourth-order valence-electron chi connectivity index (χ4n) is 2.91. The second-order valence-corrected chi connectivity index (χ2v) is 7.86. The summed E-state index contributed by atoms with van der Waals surface area (Å²) in [6.07, 6.45) is -0.115. The van der Waals surface area contributed by atoms with Gasteiger partial charge in [-0.3, -0.25) is 9.35 Å². The van der Waals surface area contributed by atoms with Crippen LogP contribution >= 0.6 is 0 Å². The van der Waals surface area contributed by atoms with Crippen LogP contribution in [0.3, 0.4) is 0 Å². The molecule has 0 bridgehead atoms. The van der Waals surface area contributed by atoms with E-state index < -0.39 is 33.7 Å². The molecule has 0 aliphatic carbocycles. The monoisotopic (exact) mass is 428 g/mol. The van der Waals surface area contributed by atoms with Crippen molar-refractivity contribution in [1.82, 2.24) is 0 Å². The molecule has 0 saturated heterocycles. The van der Waals surface area contributed by atoms with Crippen LogP contribution < -0.4 is 34.7 Å². The number of hydrogen-bond acceptors (Lipinski definition) is 6. The Labute approximate surface area is 192 Å². The Morgan fingerprint density at radius 3 is 1.86 bits per heavy atom. The molecule has 0 aliphatic rings. The zero-order valence-electron chi connectivity index (χ0n) is 16.1. The fourth-order valence-corrected chi connectivity index (χ4v) is 3.57. The van der Waals surface area contributed by atoms with E-state index in [0.717, 1.165) is 11.1 Å². The van der Waals surface area contributed by atoms with Gasteiger partial charge < -0.3 is 14.6 Å². The van der Waals surface area contributed by atoms with Crippen molar-refractivity contribution in [2.24, 2.45) is 0 Å². The normalized spacial score (nSPS) is 12.1. The van der Waals surface area contributed by atoms with Gasteiger partial charge >= 0.3 is 35.5 Å². The molecule has 0 heterocycles. The molecule has 0 amide bonds. The van der Waals surface area contributed by atoms with Crippen LogP contribution in [-0.2, 0) is 24.4 Å². The molecule has 0 aliphatic heterocycles. The van der Waals surface area contributed by atoms with Gasteiger partial charge in [-0.1, -0.05) is 60.7 Å². The van der Waals surface area contributed by atoms with Crippen molar-refractivity contribution in [3.63, 3.8) is 0 Å². The second-order valence-electron chi connectivity index (χ2n) is 6.26. The number of carboxylic acids is 1. The van der Waals surface area contributed by atoms with Crippen molar-refractivity contribution in [3.8, 4) is 0 Å². The third-order valence-corrected chi connectivity index (χ3v) is 5.34. The molecule has 1 N–H and O–H groups in total. The van der Waals surface area contributed by atoms with Gasteiger partial charge in [0, 0.05) is 18.3 Å². The molecular formula is C20H21NaO7S. The Balaban J connectivity index is 0.00000420. The van der Waals surface area contributed by atoms with Crippen molar-refractivity contribution in [3.05, 3.63) is 71.8 Å². The number of ether oxygens (including phenoxy) is 1. The maximum absolute atomic E-state index is 11.9. The zero-order chi connectivity index (χ0) is 20.6. The van der Waals surface area contributed by atoms with E-state index in [0.29, 0.717) is 12.8 Å². The van der Waals surface area contributed by atoms with E-state index in [2.05, 4.69) is 0 Å². The summed E-state index contributed by atoms with van der Waals surface area (Å²) in [5, 5.41) is 8.42. The standard InChI is InChI=1S/C20H22O7S.Na/c21-19(22)14-18(28(24,25)26)20(23)27-13-7-12-17(15-8-3-1-4-9-15)16-10-5-2-6-11-16;/h1-6,8-11,17-18H,7,12-14H2,(H,21,22)(H,24,25,26);/q;+1/p-1. The van der Waals surface area contributed by atoms with E-state index >= 15 is 0 Å². The number of benzene rings is 2. The predicted molar refractivity (Wildman–Crippen MR) is 99.9 cm³/mol. The molecule has 0 aromatic heterocycles. The van der Waals surface area contributed by atoms with E-state index in [9.17, 15) is 23.1 Å².